The Hall–Kier alpha value is -1.06. The summed E-state index contributed by atoms with van der Waals surface area (Å²) in [5.74, 6) is 0.375. The quantitative estimate of drug-likeness (QED) is 0.853. The Balaban J connectivity index is 2.65. The molecule has 0 spiro atoms. The number of hydrogen-bond acceptors (Lipinski definition) is 2. The van der Waals surface area contributed by atoms with Crippen LogP contribution in [0.25, 0.3) is 0 Å². The Labute approximate surface area is 116 Å². The van der Waals surface area contributed by atoms with Crippen molar-refractivity contribution < 1.29 is 9.59 Å². The van der Waals surface area contributed by atoms with E-state index in [4.69, 9.17) is 0 Å². The van der Waals surface area contributed by atoms with E-state index >= 15 is 0 Å². The normalized spacial score (nSPS) is 20.9. The Bertz CT molecular complexity index is 356. The number of hydrogen-bond donors (Lipinski definition) is 1. The van der Waals surface area contributed by atoms with Crippen molar-refractivity contribution in [3.05, 3.63) is 0 Å². The van der Waals surface area contributed by atoms with Crippen LogP contribution in [-0.4, -0.2) is 35.3 Å². The van der Waals surface area contributed by atoms with E-state index in [1.807, 2.05) is 13.8 Å². The molecule has 2 amide bonds. The highest BCUT2D eigenvalue weighted by Crippen LogP contribution is 2.27. The molecule has 4 nitrogen and oxygen atoms in total. The molecule has 0 aromatic heterocycles. The van der Waals surface area contributed by atoms with Gasteiger partial charge in [0, 0.05) is 19.5 Å². The van der Waals surface area contributed by atoms with Crippen LogP contribution in [0.2, 0.25) is 0 Å². The Kier molecular flexibility index (Phi) is 4.64. The molecule has 110 valence electrons. The largest absolute Gasteiger partial charge is 0.352 e. The third-order valence-electron chi connectivity index (χ3n) is 3.64. The topological polar surface area (TPSA) is 49.4 Å². The minimum Gasteiger partial charge on any atom is -0.352 e. The third-order valence-corrected chi connectivity index (χ3v) is 3.64. The van der Waals surface area contributed by atoms with Gasteiger partial charge in [0.1, 0.15) is 5.54 Å². The van der Waals surface area contributed by atoms with Gasteiger partial charge in [-0.3, -0.25) is 9.59 Å². The number of nitrogens with one attached hydrogen (secondary N) is 1. The van der Waals surface area contributed by atoms with Crippen LogP contribution in [0, 0.1) is 11.3 Å². The Morgan fingerprint density at radius 3 is 2.53 bits per heavy atom. The average molecular weight is 268 g/mol. The van der Waals surface area contributed by atoms with E-state index in [0.717, 1.165) is 6.42 Å². The predicted molar refractivity (Wildman–Crippen MR) is 76.7 cm³/mol. The zero-order valence-electron chi connectivity index (χ0n) is 13.2. The third kappa shape index (κ3) is 4.22. The van der Waals surface area contributed by atoms with Crippen molar-refractivity contribution in [1.29, 1.82) is 0 Å². The number of rotatable bonds is 3. The van der Waals surface area contributed by atoms with Gasteiger partial charge in [-0.15, -0.1) is 0 Å². The molecule has 1 aliphatic rings. The van der Waals surface area contributed by atoms with E-state index in [1.165, 1.54) is 0 Å². The first-order chi connectivity index (χ1) is 8.54. The van der Waals surface area contributed by atoms with Crippen LogP contribution in [-0.2, 0) is 9.59 Å². The second-order valence-corrected chi connectivity index (χ2v) is 7.43. The number of carbonyl (C=O) groups excluding carboxylic acids is 2. The van der Waals surface area contributed by atoms with Crippen molar-refractivity contribution in [2.45, 2.75) is 59.9 Å². The fraction of sp³-hybridized carbons (Fsp3) is 0.867. The highest BCUT2D eigenvalue weighted by molar-refractivity contribution is 5.91. The smallest absolute Gasteiger partial charge is 0.245 e. The average Bonchev–Trinajstić information content (AvgIpc) is 2.18. The van der Waals surface area contributed by atoms with E-state index < -0.39 is 5.54 Å². The number of carbonyl (C=O) groups is 2. The van der Waals surface area contributed by atoms with Crippen LogP contribution in [0.1, 0.15) is 54.4 Å². The SMILES string of the molecule is CC(CC(=O)N1CCNC(=O)C1(C)C)CC(C)(C)C. The summed E-state index contributed by atoms with van der Waals surface area (Å²) in [6, 6.07) is 0. The van der Waals surface area contributed by atoms with Crippen LogP contribution < -0.4 is 5.32 Å². The standard InChI is InChI=1S/C15H28N2O2/c1-11(10-14(2,3)4)9-12(18)17-8-7-16-13(19)15(17,5)6/h11H,7-10H2,1-6H3,(H,16,19). The van der Waals surface area contributed by atoms with E-state index in [-0.39, 0.29) is 17.2 Å². The molecule has 1 heterocycles. The minimum absolute atomic E-state index is 0.0597. The molecule has 0 aromatic rings. The van der Waals surface area contributed by atoms with Gasteiger partial charge >= 0.3 is 0 Å². The molecule has 1 fully saturated rings. The second-order valence-electron chi connectivity index (χ2n) is 7.43. The molecule has 1 rings (SSSR count). The molecular formula is C15H28N2O2. The van der Waals surface area contributed by atoms with Gasteiger partial charge in [-0.05, 0) is 31.6 Å². The van der Waals surface area contributed by atoms with Crippen molar-refractivity contribution in [3.63, 3.8) is 0 Å². The molecule has 0 aliphatic carbocycles. The van der Waals surface area contributed by atoms with E-state index in [0.29, 0.717) is 25.4 Å². The van der Waals surface area contributed by atoms with Crippen molar-refractivity contribution in [2.75, 3.05) is 13.1 Å². The first-order valence-electron chi connectivity index (χ1n) is 7.13. The first-order valence-corrected chi connectivity index (χ1v) is 7.13. The summed E-state index contributed by atoms with van der Waals surface area (Å²) in [5.41, 5.74) is -0.495. The predicted octanol–water partition coefficient (Wildman–Crippen LogP) is 2.19. The summed E-state index contributed by atoms with van der Waals surface area (Å²) in [6.45, 7) is 13.5. The summed E-state index contributed by atoms with van der Waals surface area (Å²) in [6.07, 6.45) is 1.53. The molecular weight excluding hydrogens is 240 g/mol. The van der Waals surface area contributed by atoms with Crippen LogP contribution in [0.4, 0.5) is 0 Å². The maximum atomic E-state index is 12.4. The van der Waals surface area contributed by atoms with Gasteiger partial charge in [-0.25, -0.2) is 0 Å². The second kappa shape index (κ2) is 5.51. The van der Waals surface area contributed by atoms with Crippen molar-refractivity contribution >= 4 is 11.8 Å². The molecule has 4 heteroatoms. The lowest BCUT2D eigenvalue weighted by molar-refractivity contribution is -0.149. The molecule has 0 bridgehead atoms. The summed E-state index contributed by atoms with van der Waals surface area (Å²) >= 11 is 0. The molecule has 1 aliphatic heterocycles. The fourth-order valence-electron chi connectivity index (χ4n) is 2.86. The highest BCUT2D eigenvalue weighted by atomic mass is 16.2. The van der Waals surface area contributed by atoms with Crippen molar-refractivity contribution in [3.8, 4) is 0 Å². The van der Waals surface area contributed by atoms with Crippen molar-refractivity contribution in [2.24, 2.45) is 11.3 Å². The molecule has 1 N–H and O–H groups in total. The van der Waals surface area contributed by atoms with Gasteiger partial charge in [0.2, 0.25) is 11.8 Å². The summed E-state index contributed by atoms with van der Waals surface area (Å²) in [4.78, 5) is 26.0. The van der Waals surface area contributed by atoms with E-state index in [9.17, 15) is 9.59 Å². The monoisotopic (exact) mass is 268 g/mol. The maximum absolute atomic E-state index is 12.4. The lowest BCUT2D eigenvalue weighted by Gasteiger charge is -2.41. The maximum Gasteiger partial charge on any atom is 0.245 e. The fourth-order valence-corrected chi connectivity index (χ4v) is 2.86. The van der Waals surface area contributed by atoms with Crippen LogP contribution >= 0.6 is 0 Å². The Morgan fingerprint density at radius 1 is 1.42 bits per heavy atom. The Morgan fingerprint density at radius 2 is 2.00 bits per heavy atom. The van der Waals surface area contributed by atoms with Gasteiger partial charge in [0.05, 0.1) is 0 Å². The van der Waals surface area contributed by atoms with Crippen LogP contribution in [0.15, 0.2) is 0 Å². The highest BCUT2D eigenvalue weighted by Gasteiger charge is 2.40. The van der Waals surface area contributed by atoms with E-state index in [1.54, 1.807) is 4.90 Å². The van der Waals surface area contributed by atoms with Gasteiger partial charge in [0.15, 0.2) is 0 Å². The molecule has 19 heavy (non-hydrogen) atoms. The summed E-state index contributed by atoms with van der Waals surface area (Å²) in [5, 5.41) is 2.82. The van der Waals surface area contributed by atoms with Gasteiger partial charge in [0.25, 0.3) is 0 Å². The minimum atomic E-state index is -0.725. The lowest BCUT2D eigenvalue weighted by atomic mass is 9.83. The van der Waals surface area contributed by atoms with Gasteiger partial charge in [-0.1, -0.05) is 27.7 Å². The van der Waals surface area contributed by atoms with E-state index in [2.05, 4.69) is 33.0 Å². The zero-order chi connectivity index (χ0) is 14.8. The number of amides is 2. The molecule has 1 unspecified atom stereocenters. The van der Waals surface area contributed by atoms with Crippen LogP contribution in [0.3, 0.4) is 0 Å². The molecule has 0 radical (unpaired) electrons. The van der Waals surface area contributed by atoms with Gasteiger partial charge in [-0.2, -0.15) is 0 Å². The molecule has 0 aromatic carbocycles. The molecule has 1 atom stereocenters. The first kappa shape index (κ1) is 16.0. The summed E-state index contributed by atoms with van der Waals surface area (Å²) in [7, 11) is 0. The van der Waals surface area contributed by atoms with Gasteiger partial charge < -0.3 is 10.2 Å². The number of nitrogens with zero attached hydrogens (tertiary/aromatic N) is 1. The van der Waals surface area contributed by atoms with Crippen molar-refractivity contribution in [1.82, 2.24) is 10.2 Å². The molecule has 1 saturated heterocycles. The molecule has 0 saturated carbocycles. The van der Waals surface area contributed by atoms with Crippen LogP contribution in [0.5, 0.6) is 0 Å². The zero-order valence-corrected chi connectivity index (χ0v) is 13.2. The number of piperazine rings is 1. The lowest BCUT2D eigenvalue weighted by Crippen LogP contribution is -2.63. The summed E-state index contributed by atoms with van der Waals surface area (Å²) < 4.78 is 0.